The smallest absolute Gasteiger partial charge is 0.335 e. The minimum absolute atomic E-state index is 0.234. The van der Waals surface area contributed by atoms with Gasteiger partial charge in [-0.05, 0) is 44.0 Å². The van der Waals surface area contributed by atoms with Gasteiger partial charge in [-0.15, -0.1) is 0 Å². The molecule has 0 spiro atoms. The number of carbonyl (C=O) groups is 2. The van der Waals surface area contributed by atoms with E-state index in [4.69, 9.17) is 9.52 Å². The predicted molar refractivity (Wildman–Crippen MR) is 77.6 cm³/mol. The van der Waals surface area contributed by atoms with Gasteiger partial charge in [0.25, 0.3) is 5.91 Å². The third kappa shape index (κ3) is 3.72. The average Bonchev–Trinajstić information content (AvgIpc) is 2.78. The van der Waals surface area contributed by atoms with Gasteiger partial charge in [0.2, 0.25) is 0 Å². The maximum Gasteiger partial charge on any atom is 0.335 e. The molecule has 110 valence electrons. The van der Waals surface area contributed by atoms with Crippen molar-refractivity contribution in [2.45, 2.75) is 20.3 Å². The van der Waals surface area contributed by atoms with Crippen LogP contribution in [0.2, 0.25) is 0 Å². The normalized spacial score (nSPS) is 10.4. The molecule has 0 radical (unpaired) electrons. The molecule has 21 heavy (non-hydrogen) atoms. The molecule has 1 amide bonds. The zero-order valence-corrected chi connectivity index (χ0v) is 12.0. The second-order valence-electron chi connectivity index (χ2n) is 4.88. The Kier molecular flexibility index (Phi) is 4.42. The Labute approximate surface area is 122 Å². The van der Waals surface area contributed by atoms with Crippen molar-refractivity contribution in [1.82, 2.24) is 5.32 Å². The van der Waals surface area contributed by atoms with Crippen molar-refractivity contribution < 1.29 is 19.1 Å². The molecule has 0 saturated carbocycles. The highest BCUT2D eigenvalue weighted by molar-refractivity contribution is 5.92. The van der Waals surface area contributed by atoms with E-state index in [1.54, 1.807) is 31.2 Å². The second-order valence-corrected chi connectivity index (χ2v) is 4.88. The van der Waals surface area contributed by atoms with Gasteiger partial charge in [0.15, 0.2) is 5.76 Å². The third-order valence-corrected chi connectivity index (χ3v) is 3.15. The van der Waals surface area contributed by atoms with Crippen LogP contribution in [0, 0.1) is 13.8 Å². The molecule has 2 N–H and O–H groups in total. The molecular formula is C16H17NO4. The zero-order valence-electron chi connectivity index (χ0n) is 12.0. The number of aromatic carboxylic acids is 1. The fourth-order valence-corrected chi connectivity index (χ4v) is 2.08. The summed E-state index contributed by atoms with van der Waals surface area (Å²) in [6, 6.07) is 8.42. The molecule has 1 heterocycles. The van der Waals surface area contributed by atoms with Gasteiger partial charge in [0, 0.05) is 12.1 Å². The van der Waals surface area contributed by atoms with E-state index >= 15 is 0 Å². The highest BCUT2D eigenvalue weighted by Crippen LogP contribution is 2.13. The summed E-state index contributed by atoms with van der Waals surface area (Å²) >= 11 is 0. The largest absolute Gasteiger partial charge is 0.478 e. The van der Waals surface area contributed by atoms with Crippen molar-refractivity contribution in [3.8, 4) is 0 Å². The second kappa shape index (κ2) is 6.26. The van der Waals surface area contributed by atoms with Gasteiger partial charge >= 0.3 is 5.97 Å². The number of nitrogens with one attached hydrogen (secondary N) is 1. The Morgan fingerprint density at radius 3 is 2.38 bits per heavy atom. The molecule has 1 aromatic heterocycles. The number of carboxylic acids is 1. The molecule has 0 unspecified atom stereocenters. The van der Waals surface area contributed by atoms with E-state index in [-0.39, 0.29) is 11.5 Å². The van der Waals surface area contributed by atoms with Gasteiger partial charge in [-0.1, -0.05) is 12.1 Å². The minimum Gasteiger partial charge on any atom is -0.478 e. The van der Waals surface area contributed by atoms with Crippen molar-refractivity contribution in [2.24, 2.45) is 0 Å². The Hall–Kier alpha value is -2.56. The van der Waals surface area contributed by atoms with E-state index in [0.717, 1.165) is 11.1 Å². The third-order valence-electron chi connectivity index (χ3n) is 3.15. The van der Waals surface area contributed by atoms with Gasteiger partial charge in [0.1, 0.15) is 5.76 Å². The van der Waals surface area contributed by atoms with Gasteiger partial charge in [-0.2, -0.15) is 0 Å². The van der Waals surface area contributed by atoms with E-state index in [2.05, 4.69) is 5.32 Å². The number of hydrogen-bond donors (Lipinski definition) is 2. The molecule has 1 aromatic carbocycles. The van der Waals surface area contributed by atoms with Crippen molar-refractivity contribution in [3.05, 3.63) is 58.5 Å². The van der Waals surface area contributed by atoms with Gasteiger partial charge in [-0.25, -0.2) is 4.79 Å². The molecule has 2 rings (SSSR count). The average molecular weight is 287 g/mol. The minimum atomic E-state index is -0.946. The van der Waals surface area contributed by atoms with Crippen LogP contribution in [-0.4, -0.2) is 23.5 Å². The first kappa shape index (κ1) is 14.8. The van der Waals surface area contributed by atoms with Crippen LogP contribution < -0.4 is 5.32 Å². The summed E-state index contributed by atoms with van der Waals surface area (Å²) in [5, 5.41) is 11.6. The van der Waals surface area contributed by atoms with Crippen molar-refractivity contribution in [2.75, 3.05) is 6.54 Å². The highest BCUT2D eigenvalue weighted by atomic mass is 16.4. The lowest BCUT2D eigenvalue weighted by Gasteiger charge is -2.05. The summed E-state index contributed by atoms with van der Waals surface area (Å²) in [5.74, 6) is -0.128. The lowest BCUT2D eigenvalue weighted by atomic mass is 10.1. The number of carboxylic acid groups (broad SMARTS) is 1. The number of rotatable bonds is 5. The van der Waals surface area contributed by atoms with Gasteiger partial charge < -0.3 is 14.8 Å². The van der Waals surface area contributed by atoms with Crippen molar-refractivity contribution in [1.29, 1.82) is 0 Å². The predicted octanol–water partition coefficient (Wildman–Crippen LogP) is 2.57. The topological polar surface area (TPSA) is 79.5 Å². The highest BCUT2D eigenvalue weighted by Gasteiger charge is 2.13. The fourth-order valence-electron chi connectivity index (χ4n) is 2.08. The van der Waals surface area contributed by atoms with Crippen LogP contribution in [-0.2, 0) is 6.42 Å². The van der Waals surface area contributed by atoms with Crippen LogP contribution in [0.1, 0.15) is 37.8 Å². The standard InChI is InChI=1S/C16H17NO4/c1-10-9-11(2)21-14(10)15(18)17-8-7-12-3-5-13(6-4-12)16(19)20/h3-6,9H,7-8H2,1-2H3,(H,17,18)(H,19,20). The summed E-state index contributed by atoms with van der Waals surface area (Å²) in [7, 11) is 0. The summed E-state index contributed by atoms with van der Waals surface area (Å²) < 4.78 is 5.34. The van der Waals surface area contributed by atoms with Crippen LogP contribution in [0.4, 0.5) is 0 Å². The molecule has 0 aliphatic rings. The van der Waals surface area contributed by atoms with E-state index in [9.17, 15) is 9.59 Å². The lowest BCUT2D eigenvalue weighted by molar-refractivity contribution is 0.0696. The molecule has 0 bridgehead atoms. The van der Waals surface area contributed by atoms with Crippen LogP contribution in [0.15, 0.2) is 34.7 Å². The first-order valence-electron chi connectivity index (χ1n) is 6.65. The van der Waals surface area contributed by atoms with E-state index in [1.165, 1.54) is 0 Å². The van der Waals surface area contributed by atoms with E-state index in [1.807, 2.05) is 13.0 Å². The van der Waals surface area contributed by atoms with Crippen molar-refractivity contribution >= 4 is 11.9 Å². The number of hydrogen-bond acceptors (Lipinski definition) is 3. The quantitative estimate of drug-likeness (QED) is 0.885. The van der Waals surface area contributed by atoms with Crippen LogP contribution in [0.3, 0.4) is 0 Å². The Morgan fingerprint density at radius 2 is 1.86 bits per heavy atom. The summed E-state index contributed by atoms with van der Waals surface area (Å²) in [5.41, 5.74) is 2.04. The first-order valence-corrected chi connectivity index (χ1v) is 6.65. The SMILES string of the molecule is Cc1cc(C)c(C(=O)NCCc2ccc(C(=O)O)cc2)o1. The molecular weight excluding hydrogens is 270 g/mol. The number of amides is 1. The molecule has 0 atom stereocenters. The maximum absolute atomic E-state index is 11.9. The molecule has 0 aliphatic carbocycles. The number of benzene rings is 1. The number of carbonyl (C=O) groups excluding carboxylic acids is 1. The van der Waals surface area contributed by atoms with Crippen molar-refractivity contribution in [3.63, 3.8) is 0 Å². The van der Waals surface area contributed by atoms with Crippen LogP contribution >= 0.6 is 0 Å². The van der Waals surface area contributed by atoms with Gasteiger partial charge in [0.05, 0.1) is 5.56 Å². The summed E-state index contributed by atoms with van der Waals surface area (Å²) in [6.07, 6.45) is 0.629. The van der Waals surface area contributed by atoms with Crippen LogP contribution in [0.25, 0.3) is 0 Å². The molecule has 0 fully saturated rings. The first-order chi connectivity index (χ1) is 9.97. The molecule has 5 heteroatoms. The monoisotopic (exact) mass is 287 g/mol. The molecule has 2 aromatic rings. The molecule has 0 saturated heterocycles. The fraction of sp³-hybridized carbons (Fsp3) is 0.250. The van der Waals surface area contributed by atoms with E-state index < -0.39 is 5.97 Å². The molecule has 5 nitrogen and oxygen atoms in total. The Bertz CT molecular complexity index is 655. The zero-order chi connectivity index (χ0) is 15.4. The summed E-state index contributed by atoms with van der Waals surface area (Å²) in [6.45, 7) is 4.09. The number of aryl methyl sites for hydroxylation is 2. The number of furan rings is 1. The van der Waals surface area contributed by atoms with E-state index in [0.29, 0.717) is 24.5 Å². The lowest BCUT2D eigenvalue weighted by Crippen LogP contribution is -2.25. The van der Waals surface area contributed by atoms with Gasteiger partial charge in [-0.3, -0.25) is 4.79 Å². The maximum atomic E-state index is 11.9. The molecule has 0 aliphatic heterocycles. The Morgan fingerprint density at radius 1 is 1.19 bits per heavy atom. The van der Waals surface area contributed by atoms with Crippen LogP contribution in [0.5, 0.6) is 0 Å². The Balaban J connectivity index is 1.88. The summed E-state index contributed by atoms with van der Waals surface area (Å²) in [4.78, 5) is 22.7.